The third kappa shape index (κ3) is 9.88. The van der Waals surface area contributed by atoms with Crippen molar-refractivity contribution in [2.45, 2.75) is 25.7 Å². The van der Waals surface area contributed by atoms with Gasteiger partial charge in [-0.3, -0.25) is 4.79 Å². The molecule has 0 aromatic rings. The highest BCUT2D eigenvalue weighted by molar-refractivity contribution is 7.89. The van der Waals surface area contributed by atoms with Crippen LogP contribution in [0.15, 0.2) is 0 Å². The van der Waals surface area contributed by atoms with Gasteiger partial charge in [-0.1, -0.05) is 6.42 Å². The van der Waals surface area contributed by atoms with Crippen molar-refractivity contribution >= 4 is 16.0 Å². The summed E-state index contributed by atoms with van der Waals surface area (Å²) < 4.78 is 29.6. The average Bonchev–Trinajstić information content (AvgIpc) is 2.20. The van der Waals surface area contributed by atoms with Gasteiger partial charge >= 0.3 is 5.97 Å². The number of sulfonamides is 1. The van der Waals surface area contributed by atoms with Gasteiger partial charge in [-0.05, 0) is 12.8 Å². The van der Waals surface area contributed by atoms with E-state index in [-0.39, 0.29) is 18.8 Å². The van der Waals surface area contributed by atoms with Crippen molar-refractivity contribution in [1.82, 2.24) is 4.72 Å². The first kappa shape index (κ1) is 15.3. The Morgan fingerprint density at radius 2 is 2.00 bits per heavy atom. The molecule has 0 aliphatic heterocycles. The van der Waals surface area contributed by atoms with Gasteiger partial charge in [0.05, 0.1) is 12.4 Å². The topological polar surface area (TPSA) is 92.7 Å². The van der Waals surface area contributed by atoms with Gasteiger partial charge in [-0.2, -0.15) is 0 Å². The summed E-state index contributed by atoms with van der Waals surface area (Å²) in [6, 6.07) is 0. The Morgan fingerprint density at radius 1 is 1.31 bits per heavy atom. The van der Waals surface area contributed by atoms with Crippen LogP contribution < -0.4 is 4.72 Å². The molecule has 96 valence electrons. The zero-order chi connectivity index (χ0) is 12.4. The van der Waals surface area contributed by atoms with Gasteiger partial charge < -0.3 is 9.84 Å². The summed E-state index contributed by atoms with van der Waals surface area (Å²) >= 11 is 0. The monoisotopic (exact) mass is 253 g/mol. The minimum absolute atomic E-state index is 0.0430. The lowest BCUT2D eigenvalue weighted by atomic mass is 10.2. The van der Waals surface area contributed by atoms with Gasteiger partial charge in [0, 0.05) is 20.1 Å². The minimum atomic E-state index is -3.24. The SMILES string of the molecule is COCCS(=O)(=O)NCCCCCC(=O)O. The summed E-state index contributed by atoms with van der Waals surface area (Å²) in [7, 11) is -1.79. The molecule has 0 spiro atoms. The van der Waals surface area contributed by atoms with Crippen LogP contribution in [0.1, 0.15) is 25.7 Å². The van der Waals surface area contributed by atoms with Gasteiger partial charge in [-0.15, -0.1) is 0 Å². The second-order valence-electron chi connectivity index (χ2n) is 3.41. The maximum absolute atomic E-state index is 11.2. The molecule has 0 unspecified atom stereocenters. The first-order valence-corrected chi connectivity index (χ1v) is 6.81. The van der Waals surface area contributed by atoms with E-state index in [9.17, 15) is 13.2 Å². The molecule has 0 aliphatic carbocycles. The Kier molecular flexibility index (Phi) is 8.14. The summed E-state index contributed by atoms with van der Waals surface area (Å²) in [5.41, 5.74) is 0. The zero-order valence-corrected chi connectivity index (χ0v) is 10.3. The number of hydrogen-bond acceptors (Lipinski definition) is 4. The minimum Gasteiger partial charge on any atom is -0.481 e. The predicted molar refractivity (Wildman–Crippen MR) is 59.8 cm³/mol. The number of hydrogen-bond donors (Lipinski definition) is 2. The number of carboxylic acids is 1. The fraction of sp³-hybridized carbons (Fsp3) is 0.889. The highest BCUT2D eigenvalue weighted by Gasteiger charge is 2.08. The number of carbonyl (C=O) groups is 1. The fourth-order valence-corrected chi connectivity index (χ4v) is 2.06. The molecule has 0 aromatic carbocycles. The molecular formula is C9H19NO5S. The highest BCUT2D eigenvalue weighted by Crippen LogP contribution is 1.99. The van der Waals surface area contributed by atoms with Crippen molar-refractivity contribution in [3.8, 4) is 0 Å². The van der Waals surface area contributed by atoms with Gasteiger partial charge in [0.1, 0.15) is 0 Å². The summed E-state index contributed by atoms with van der Waals surface area (Å²) in [5, 5.41) is 8.37. The Morgan fingerprint density at radius 3 is 2.56 bits per heavy atom. The van der Waals surface area contributed by atoms with Crippen LogP contribution >= 0.6 is 0 Å². The number of methoxy groups -OCH3 is 1. The van der Waals surface area contributed by atoms with Crippen LogP contribution in [0, 0.1) is 0 Å². The molecule has 0 atom stereocenters. The average molecular weight is 253 g/mol. The van der Waals surface area contributed by atoms with Crippen molar-refractivity contribution in [3.05, 3.63) is 0 Å². The van der Waals surface area contributed by atoms with Gasteiger partial charge in [0.2, 0.25) is 10.0 Å². The van der Waals surface area contributed by atoms with Crippen molar-refractivity contribution in [2.24, 2.45) is 0 Å². The molecule has 0 bridgehead atoms. The standard InChI is InChI=1S/C9H19NO5S/c1-15-7-8-16(13,14)10-6-4-2-3-5-9(11)12/h10H,2-8H2,1H3,(H,11,12). The largest absolute Gasteiger partial charge is 0.481 e. The summed E-state index contributed by atoms with van der Waals surface area (Å²) in [4.78, 5) is 10.2. The van der Waals surface area contributed by atoms with Gasteiger partial charge in [0.15, 0.2) is 0 Å². The van der Waals surface area contributed by atoms with Crippen LogP contribution in [0.25, 0.3) is 0 Å². The van der Waals surface area contributed by atoms with Crippen LogP contribution in [0.5, 0.6) is 0 Å². The molecule has 0 aromatic heterocycles. The third-order valence-corrected chi connectivity index (χ3v) is 3.29. The first-order valence-electron chi connectivity index (χ1n) is 5.16. The summed E-state index contributed by atoms with van der Waals surface area (Å²) in [5.74, 6) is -0.862. The van der Waals surface area contributed by atoms with E-state index in [4.69, 9.17) is 5.11 Å². The molecule has 7 heteroatoms. The van der Waals surface area contributed by atoms with E-state index in [2.05, 4.69) is 9.46 Å². The summed E-state index contributed by atoms with van der Waals surface area (Å²) in [6.45, 7) is 0.528. The molecule has 0 radical (unpaired) electrons. The Hall–Kier alpha value is -0.660. The molecule has 6 nitrogen and oxygen atoms in total. The molecule has 0 heterocycles. The van der Waals surface area contributed by atoms with Crippen molar-refractivity contribution in [3.63, 3.8) is 0 Å². The zero-order valence-electron chi connectivity index (χ0n) is 9.44. The maximum atomic E-state index is 11.2. The highest BCUT2D eigenvalue weighted by atomic mass is 32.2. The van der Waals surface area contributed by atoms with Gasteiger partial charge in [0.25, 0.3) is 0 Å². The number of carboxylic acid groups (broad SMARTS) is 1. The van der Waals surface area contributed by atoms with E-state index in [1.54, 1.807) is 0 Å². The maximum Gasteiger partial charge on any atom is 0.303 e. The molecule has 16 heavy (non-hydrogen) atoms. The number of nitrogens with one attached hydrogen (secondary N) is 1. The third-order valence-electron chi connectivity index (χ3n) is 1.95. The Labute approximate surface area is 96.0 Å². The molecule has 0 saturated heterocycles. The van der Waals surface area contributed by atoms with E-state index in [1.165, 1.54) is 7.11 Å². The van der Waals surface area contributed by atoms with E-state index < -0.39 is 16.0 Å². The molecular weight excluding hydrogens is 234 g/mol. The Bertz CT molecular complexity index is 288. The van der Waals surface area contributed by atoms with E-state index in [1.807, 2.05) is 0 Å². The number of ether oxygens (including phenoxy) is 1. The predicted octanol–water partition coefficient (Wildman–Crippen LogP) is 0.197. The lowest BCUT2D eigenvalue weighted by molar-refractivity contribution is -0.137. The quantitative estimate of drug-likeness (QED) is 0.542. The van der Waals surface area contributed by atoms with Crippen molar-refractivity contribution in [1.29, 1.82) is 0 Å². The number of rotatable bonds is 10. The molecule has 0 amide bonds. The number of unbranched alkanes of at least 4 members (excludes halogenated alkanes) is 2. The van der Waals surface area contributed by atoms with Crippen LogP contribution in [0.2, 0.25) is 0 Å². The Balaban J connectivity index is 3.47. The first-order chi connectivity index (χ1) is 7.48. The molecule has 0 saturated carbocycles. The number of aliphatic carboxylic acids is 1. The van der Waals surface area contributed by atoms with Crippen LogP contribution in [0.4, 0.5) is 0 Å². The van der Waals surface area contributed by atoms with Crippen LogP contribution in [0.3, 0.4) is 0 Å². The lowest BCUT2D eigenvalue weighted by Crippen LogP contribution is -2.29. The fourth-order valence-electron chi connectivity index (χ4n) is 1.07. The van der Waals surface area contributed by atoms with Crippen LogP contribution in [-0.4, -0.2) is 45.5 Å². The smallest absolute Gasteiger partial charge is 0.303 e. The normalized spacial score (nSPS) is 11.6. The summed E-state index contributed by atoms with van der Waals surface area (Å²) in [6.07, 6.45) is 2.07. The van der Waals surface area contributed by atoms with Crippen LogP contribution in [-0.2, 0) is 19.6 Å². The van der Waals surface area contributed by atoms with E-state index in [0.29, 0.717) is 25.8 Å². The van der Waals surface area contributed by atoms with Crippen molar-refractivity contribution < 1.29 is 23.1 Å². The second-order valence-corrected chi connectivity index (χ2v) is 5.34. The van der Waals surface area contributed by atoms with E-state index in [0.717, 1.165) is 0 Å². The lowest BCUT2D eigenvalue weighted by Gasteiger charge is -2.05. The molecule has 0 rings (SSSR count). The molecule has 0 aliphatic rings. The second kappa shape index (κ2) is 8.49. The molecule has 2 N–H and O–H groups in total. The molecule has 0 fully saturated rings. The van der Waals surface area contributed by atoms with Crippen molar-refractivity contribution in [2.75, 3.05) is 26.0 Å². The van der Waals surface area contributed by atoms with E-state index >= 15 is 0 Å². The van der Waals surface area contributed by atoms with Gasteiger partial charge in [-0.25, -0.2) is 13.1 Å².